The zero-order chi connectivity index (χ0) is 6.69. The van der Waals surface area contributed by atoms with Crippen LogP contribution >= 0.6 is 0 Å². The lowest BCUT2D eigenvalue weighted by molar-refractivity contribution is -0.149. The Bertz CT molecular complexity index is 99.5. The zero-order valence-corrected chi connectivity index (χ0v) is 5.72. The van der Waals surface area contributed by atoms with E-state index in [2.05, 4.69) is 6.92 Å². The summed E-state index contributed by atoms with van der Waals surface area (Å²) in [4.78, 5) is 10.5. The molecule has 1 rings (SSSR count). The summed E-state index contributed by atoms with van der Waals surface area (Å²) in [7, 11) is 0. The number of hydrogen-bond donors (Lipinski definition) is 0. The summed E-state index contributed by atoms with van der Waals surface area (Å²) in [5.74, 6) is 0.599. The molecule has 1 fully saturated rings. The monoisotopic (exact) mass is 128 g/mol. The molecule has 0 aromatic rings. The van der Waals surface area contributed by atoms with Crippen molar-refractivity contribution in [2.24, 2.45) is 5.92 Å². The van der Waals surface area contributed by atoms with Crippen LogP contribution in [0.25, 0.3) is 0 Å². The number of cyclic esters (lactones) is 1. The lowest BCUT2D eigenvalue weighted by Crippen LogP contribution is -2.20. The van der Waals surface area contributed by atoms with E-state index >= 15 is 0 Å². The molecule has 1 aliphatic heterocycles. The first-order valence-electron chi connectivity index (χ1n) is 3.48. The number of ether oxygens (including phenoxy) is 1. The van der Waals surface area contributed by atoms with E-state index in [0.717, 1.165) is 12.8 Å². The van der Waals surface area contributed by atoms with Gasteiger partial charge in [0, 0.05) is 6.42 Å². The molecule has 1 aliphatic rings. The average Bonchev–Trinajstić information content (AvgIpc) is 1.90. The van der Waals surface area contributed by atoms with E-state index in [1.54, 1.807) is 0 Å². The topological polar surface area (TPSA) is 26.3 Å². The highest BCUT2D eigenvalue weighted by molar-refractivity contribution is 5.69. The van der Waals surface area contributed by atoms with Gasteiger partial charge in [-0.1, -0.05) is 13.3 Å². The fourth-order valence-corrected chi connectivity index (χ4v) is 1.01. The third-order valence-electron chi connectivity index (χ3n) is 1.81. The predicted octanol–water partition coefficient (Wildman–Crippen LogP) is 1.35. The van der Waals surface area contributed by atoms with Crippen molar-refractivity contribution in [3.8, 4) is 0 Å². The van der Waals surface area contributed by atoms with Gasteiger partial charge in [0.25, 0.3) is 0 Å². The van der Waals surface area contributed by atoms with Crippen molar-refractivity contribution in [2.45, 2.75) is 26.2 Å². The van der Waals surface area contributed by atoms with Crippen molar-refractivity contribution in [3.05, 3.63) is 0 Å². The Kier molecular flexibility index (Phi) is 2.09. The first-order valence-corrected chi connectivity index (χ1v) is 3.48. The van der Waals surface area contributed by atoms with Gasteiger partial charge in [-0.25, -0.2) is 0 Å². The molecule has 1 heterocycles. The van der Waals surface area contributed by atoms with Crippen molar-refractivity contribution in [3.63, 3.8) is 0 Å². The minimum atomic E-state index is -0.0281. The molecule has 0 aliphatic carbocycles. The molecule has 0 bridgehead atoms. The Morgan fingerprint density at radius 3 is 3.00 bits per heavy atom. The molecule has 1 atom stereocenters. The minimum absolute atomic E-state index is 0.0281. The van der Waals surface area contributed by atoms with Crippen molar-refractivity contribution in [1.29, 1.82) is 0 Å². The van der Waals surface area contributed by atoms with E-state index in [0.29, 0.717) is 18.9 Å². The van der Waals surface area contributed by atoms with E-state index in [4.69, 9.17) is 4.74 Å². The highest BCUT2D eigenvalue weighted by Crippen LogP contribution is 2.16. The second-order valence-corrected chi connectivity index (χ2v) is 2.50. The third kappa shape index (κ3) is 1.70. The predicted molar refractivity (Wildman–Crippen MR) is 34.0 cm³/mol. The van der Waals surface area contributed by atoms with Gasteiger partial charge in [-0.3, -0.25) is 4.79 Å². The Morgan fingerprint density at radius 1 is 1.78 bits per heavy atom. The number of hydrogen-bond acceptors (Lipinski definition) is 2. The highest BCUT2D eigenvalue weighted by atomic mass is 16.5. The maximum atomic E-state index is 10.5. The lowest BCUT2D eigenvalue weighted by atomic mass is 10.00. The fraction of sp³-hybridized carbons (Fsp3) is 0.857. The van der Waals surface area contributed by atoms with Gasteiger partial charge >= 0.3 is 5.97 Å². The summed E-state index contributed by atoms with van der Waals surface area (Å²) < 4.78 is 4.84. The molecule has 0 aromatic carbocycles. The van der Waals surface area contributed by atoms with E-state index in [9.17, 15) is 4.79 Å². The van der Waals surface area contributed by atoms with Crippen LogP contribution in [0.15, 0.2) is 0 Å². The number of rotatable bonds is 1. The number of esters is 1. The molecule has 2 nitrogen and oxygen atoms in total. The van der Waals surface area contributed by atoms with Crippen LogP contribution in [0.5, 0.6) is 0 Å². The van der Waals surface area contributed by atoms with E-state index < -0.39 is 0 Å². The quantitative estimate of drug-likeness (QED) is 0.498. The second kappa shape index (κ2) is 2.85. The Hall–Kier alpha value is -0.530. The van der Waals surface area contributed by atoms with E-state index in [1.165, 1.54) is 0 Å². The molecule has 1 saturated heterocycles. The maximum Gasteiger partial charge on any atom is 0.305 e. The summed E-state index contributed by atoms with van der Waals surface area (Å²) in [6.45, 7) is 2.78. The molecule has 0 spiro atoms. The van der Waals surface area contributed by atoms with Crippen LogP contribution in [-0.4, -0.2) is 12.6 Å². The smallest absolute Gasteiger partial charge is 0.305 e. The van der Waals surface area contributed by atoms with Crippen LogP contribution < -0.4 is 0 Å². The molecule has 0 amide bonds. The standard InChI is InChI=1S/C7H12O2/c1-2-6-3-4-7(8)9-5-6/h6H,2-5H2,1H3/t6-/m1/s1. The largest absolute Gasteiger partial charge is 0.465 e. The van der Waals surface area contributed by atoms with Gasteiger partial charge in [0.1, 0.15) is 0 Å². The first kappa shape index (κ1) is 6.59. The zero-order valence-electron chi connectivity index (χ0n) is 5.72. The lowest BCUT2D eigenvalue weighted by Gasteiger charge is -2.19. The van der Waals surface area contributed by atoms with Crippen LogP contribution in [0.2, 0.25) is 0 Å². The number of carbonyl (C=O) groups is 1. The van der Waals surface area contributed by atoms with Crippen molar-refractivity contribution < 1.29 is 9.53 Å². The van der Waals surface area contributed by atoms with Gasteiger partial charge in [0.05, 0.1) is 6.61 Å². The van der Waals surface area contributed by atoms with Crippen LogP contribution in [0.1, 0.15) is 26.2 Å². The summed E-state index contributed by atoms with van der Waals surface area (Å²) >= 11 is 0. The SMILES string of the molecule is CC[C@@H]1CCC(=O)OC1. The van der Waals surface area contributed by atoms with Gasteiger partial charge in [-0.15, -0.1) is 0 Å². The van der Waals surface area contributed by atoms with Crippen LogP contribution in [0.4, 0.5) is 0 Å². The van der Waals surface area contributed by atoms with E-state index in [-0.39, 0.29) is 5.97 Å². The molecule has 9 heavy (non-hydrogen) atoms. The fourth-order valence-electron chi connectivity index (χ4n) is 1.01. The molecule has 52 valence electrons. The molecular formula is C7H12O2. The molecule has 0 saturated carbocycles. The summed E-state index contributed by atoms with van der Waals surface area (Å²) in [6, 6.07) is 0. The summed E-state index contributed by atoms with van der Waals surface area (Å²) in [5, 5.41) is 0. The van der Waals surface area contributed by atoms with Gasteiger partial charge in [-0.05, 0) is 12.3 Å². The molecule has 0 aromatic heterocycles. The van der Waals surface area contributed by atoms with Crippen LogP contribution in [-0.2, 0) is 9.53 Å². The Balaban J connectivity index is 2.26. The minimum Gasteiger partial charge on any atom is -0.465 e. The Labute approximate surface area is 55.2 Å². The van der Waals surface area contributed by atoms with Crippen molar-refractivity contribution in [2.75, 3.05) is 6.61 Å². The summed E-state index contributed by atoms with van der Waals surface area (Å²) in [6.07, 6.45) is 2.78. The molecule has 0 unspecified atom stereocenters. The molecular weight excluding hydrogens is 116 g/mol. The average molecular weight is 128 g/mol. The van der Waals surface area contributed by atoms with Gasteiger partial charge in [0.15, 0.2) is 0 Å². The van der Waals surface area contributed by atoms with Crippen molar-refractivity contribution in [1.82, 2.24) is 0 Å². The van der Waals surface area contributed by atoms with Gasteiger partial charge < -0.3 is 4.74 Å². The van der Waals surface area contributed by atoms with E-state index in [1.807, 2.05) is 0 Å². The second-order valence-electron chi connectivity index (χ2n) is 2.50. The first-order chi connectivity index (χ1) is 4.33. The maximum absolute atomic E-state index is 10.5. The molecule has 0 radical (unpaired) electrons. The van der Waals surface area contributed by atoms with Crippen LogP contribution in [0, 0.1) is 5.92 Å². The van der Waals surface area contributed by atoms with Crippen LogP contribution in [0.3, 0.4) is 0 Å². The Morgan fingerprint density at radius 2 is 2.56 bits per heavy atom. The summed E-state index contributed by atoms with van der Waals surface area (Å²) in [5.41, 5.74) is 0. The van der Waals surface area contributed by atoms with Crippen molar-refractivity contribution >= 4 is 5.97 Å². The highest BCUT2D eigenvalue weighted by Gasteiger charge is 2.17. The molecule has 0 N–H and O–H groups in total. The van der Waals surface area contributed by atoms with Gasteiger partial charge in [-0.2, -0.15) is 0 Å². The third-order valence-corrected chi connectivity index (χ3v) is 1.81. The number of carbonyl (C=O) groups excluding carboxylic acids is 1. The van der Waals surface area contributed by atoms with Gasteiger partial charge in [0.2, 0.25) is 0 Å². The molecule has 2 heteroatoms. The normalized spacial score (nSPS) is 27.7.